The number of aromatic nitrogens is 2. The molecule has 1 aliphatic rings. The molecule has 2 heterocycles. The Labute approximate surface area is 115 Å². The molecule has 0 radical (unpaired) electrons. The van der Waals surface area contributed by atoms with Crippen molar-refractivity contribution in [3.8, 4) is 11.4 Å². The van der Waals surface area contributed by atoms with Crippen LogP contribution in [0.15, 0.2) is 42.5 Å². The molecule has 1 aromatic heterocycles. The first kappa shape index (κ1) is 11.2. The Morgan fingerprint density at radius 3 is 2.85 bits per heavy atom. The van der Waals surface area contributed by atoms with Gasteiger partial charge < -0.3 is 10.3 Å². The average molecular weight is 263 g/mol. The van der Waals surface area contributed by atoms with E-state index in [1.54, 1.807) is 0 Å². The van der Waals surface area contributed by atoms with Gasteiger partial charge in [-0.2, -0.15) is 0 Å². The van der Waals surface area contributed by atoms with Gasteiger partial charge in [0.25, 0.3) is 0 Å². The van der Waals surface area contributed by atoms with Crippen molar-refractivity contribution in [1.29, 1.82) is 0 Å². The highest BCUT2D eigenvalue weighted by Gasteiger charge is 2.26. The van der Waals surface area contributed by atoms with Crippen molar-refractivity contribution in [2.24, 2.45) is 0 Å². The first-order valence-electron chi connectivity index (χ1n) is 6.62. The van der Waals surface area contributed by atoms with Crippen molar-refractivity contribution < 1.29 is 4.79 Å². The number of nitrogens with zero attached hydrogens (tertiary/aromatic N) is 1. The largest absolute Gasteiger partial charge is 0.338 e. The van der Waals surface area contributed by atoms with Crippen LogP contribution in [0, 0.1) is 0 Å². The number of amides is 1. The zero-order valence-electron chi connectivity index (χ0n) is 11.0. The molecule has 3 aromatic rings. The summed E-state index contributed by atoms with van der Waals surface area (Å²) in [5.74, 6) is 0.789. The Kier molecular flexibility index (Phi) is 2.21. The number of carbonyl (C=O) groups is 1. The van der Waals surface area contributed by atoms with Gasteiger partial charge in [0, 0.05) is 11.3 Å². The zero-order chi connectivity index (χ0) is 13.7. The van der Waals surface area contributed by atoms with Crippen LogP contribution >= 0.6 is 0 Å². The normalized spacial score (nSPS) is 17.2. The molecule has 20 heavy (non-hydrogen) atoms. The SMILES string of the molecule is CC1C(=O)Nc2ccc(-c3nc4ccccc4[nH]3)cc21. The van der Waals surface area contributed by atoms with Crippen LogP contribution in [0.1, 0.15) is 18.4 Å². The Morgan fingerprint density at radius 2 is 2.00 bits per heavy atom. The highest BCUT2D eigenvalue weighted by molar-refractivity contribution is 6.03. The first-order valence-corrected chi connectivity index (χ1v) is 6.62. The molecule has 0 saturated carbocycles. The molecule has 0 spiro atoms. The Morgan fingerprint density at radius 1 is 1.15 bits per heavy atom. The number of rotatable bonds is 1. The van der Waals surface area contributed by atoms with Gasteiger partial charge in [-0.1, -0.05) is 12.1 Å². The molecule has 4 nitrogen and oxygen atoms in total. The van der Waals surface area contributed by atoms with Crippen LogP contribution in [0.4, 0.5) is 5.69 Å². The van der Waals surface area contributed by atoms with Gasteiger partial charge in [0.05, 0.1) is 17.0 Å². The van der Waals surface area contributed by atoms with Crippen LogP contribution < -0.4 is 5.32 Å². The van der Waals surface area contributed by atoms with E-state index in [0.717, 1.165) is 33.7 Å². The minimum Gasteiger partial charge on any atom is -0.338 e. The molecule has 0 saturated heterocycles. The van der Waals surface area contributed by atoms with Gasteiger partial charge in [0.15, 0.2) is 0 Å². The van der Waals surface area contributed by atoms with Gasteiger partial charge in [-0.05, 0) is 42.8 Å². The van der Waals surface area contributed by atoms with E-state index in [1.807, 2.05) is 49.4 Å². The molecular formula is C16H13N3O. The Bertz CT molecular complexity index is 802. The Hall–Kier alpha value is -2.62. The van der Waals surface area contributed by atoms with E-state index in [1.165, 1.54) is 0 Å². The summed E-state index contributed by atoms with van der Waals surface area (Å²) in [6.45, 7) is 1.92. The van der Waals surface area contributed by atoms with Gasteiger partial charge in [-0.15, -0.1) is 0 Å². The quantitative estimate of drug-likeness (QED) is 0.707. The van der Waals surface area contributed by atoms with E-state index in [2.05, 4.69) is 15.3 Å². The molecule has 0 fully saturated rings. The fraction of sp³-hybridized carbons (Fsp3) is 0.125. The summed E-state index contributed by atoms with van der Waals surface area (Å²) in [5, 5.41) is 2.88. The maximum atomic E-state index is 11.7. The van der Waals surface area contributed by atoms with E-state index in [9.17, 15) is 4.79 Å². The maximum Gasteiger partial charge on any atom is 0.231 e. The standard InChI is InChI=1S/C16H13N3O/c1-9-11-8-10(6-7-12(11)19-16(9)20)15-17-13-4-2-3-5-14(13)18-15/h2-9H,1H3,(H,17,18)(H,19,20). The van der Waals surface area contributed by atoms with E-state index >= 15 is 0 Å². The number of fused-ring (bicyclic) bond motifs is 2. The number of carbonyl (C=O) groups excluding carboxylic acids is 1. The second kappa shape index (κ2) is 3.93. The molecule has 4 heteroatoms. The monoisotopic (exact) mass is 263 g/mol. The third-order valence-corrected chi connectivity index (χ3v) is 3.83. The van der Waals surface area contributed by atoms with Crippen LogP contribution in [0.5, 0.6) is 0 Å². The number of aromatic amines is 1. The molecule has 98 valence electrons. The molecule has 0 aliphatic carbocycles. The van der Waals surface area contributed by atoms with E-state index in [4.69, 9.17) is 0 Å². The minimum absolute atomic E-state index is 0.0572. The molecule has 1 amide bonds. The number of para-hydroxylation sites is 2. The molecule has 0 bridgehead atoms. The predicted octanol–water partition coefficient (Wildman–Crippen LogP) is 3.29. The number of hydrogen-bond acceptors (Lipinski definition) is 2. The minimum atomic E-state index is -0.102. The fourth-order valence-corrected chi connectivity index (χ4v) is 2.65. The number of anilines is 1. The second-order valence-electron chi connectivity index (χ2n) is 5.12. The fourth-order valence-electron chi connectivity index (χ4n) is 2.65. The summed E-state index contributed by atoms with van der Waals surface area (Å²) in [7, 11) is 0. The second-order valence-corrected chi connectivity index (χ2v) is 5.12. The van der Waals surface area contributed by atoms with Crippen molar-refractivity contribution in [3.05, 3.63) is 48.0 Å². The van der Waals surface area contributed by atoms with Crippen LogP contribution in [0.2, 0.25) is 0 Å². The topological polar surface area (TPSA) is 57.8 Å². The lowest BCUT2D eigenvalue weighted by Gasteiger charge is -2.03. The lowest BCUT2D eigenvalue weighted by molar-refractivity contribution is -0.116. The number of benzene rings is 2. The van der Waals surface area contributed by atoms with Gasteiger partial charge in [0.1, 0.15) is 5.82 Å². The maximum absolute atomic E-state index is 11.7. The van der Waals surface area contributed by atoms with Crippen LogP contribution in [0.25, 0.3) is 22.4 Å². The highest BCUT2D eigenvalue weighted by Crippen LogP contribution is 2.35. The number of nitrogens with one attached hydrogen (secondary N) is 2. The smallest absolute Gasteiger partial charge is 0.231 e. The molecule has 1 aliphatic heterocycles. The summed E-state index contributed by atoms with van der Waals surface area (Å²) in [6.07, 6.45) is 0. The van der Waals surface area contributed by atoms with Crippen molar-refractivity contribution >= 4 is 22.6 Å². The first-order chi connectivity index (χ1) is 9.72. The van der Waals surface area contributed by atoms with E-state index in [-0.39, 0.29) is 11.8 Å². The van der Waals surface area contributed by atoms with Gasteiger partial charge in [0.2, 0.25) is 5.91 Å². The lowest BCUT2D eigenvalue weighted by atomic mass is 10.0. The molecule has 2 aromatic carbocycles. The predicted molar refractivity (Wildman–Crippen MR) is 78.6 cm³/mol. The molecule has 4 rings (SSSR count). The zero-order valence-corrected chi connectivity index (χ0v) is 11.0. The Balaban J connectivity index is 1.85. The van der Waals surface area contributed by atoms with Crippen LogP contribution in [-0.2, 0) is 4.79 Å². The number of H-pyrrole nitrogens is 1. The van der Waals surface area contributed by atoms with Crippen LogP contribution in [0.3, 0.4) is 0 Å². The van der Waals surface area contributed by atoms with E-state index < -0.39 is 0 Å². The van der Waals surface area contributed by atoms with Gasteiger partial charge in [-0.3, -0.25) is 4.79 Å². The summed E-state index contributed by atoms with van der Waals surface area (Å²) in [4.78, 5) is 19.6. The highest BCUT2D eigenvalue weighted by atomic mass is 16.2. The third-order valence-electron chi connectivity index (χ3n) is 3.83. The number of imidazole rings is 1. The molecule has 1 unspecified atom stereocenters. The van der Waals surface area contributed by atoms with Gasteiger partial charge in [-0.25, -0.2) is 4.98 Å². The summed E-state index contributed by atoms with van der Waals surface area (Å²) >= 11 is 0. The summed E-state index contributed by atoms with van der Waals surface area (Å²) in [5.41, 5.74) is 4.91. The average Bonchev–Trinajstić information content (AvgIpc) is 3.01. The summed E-state index contributed by atoms with van der Waals surface area (Å²) < 4.78 is 0. The van der Waals surface area contributed by atoms with E-state index in [0.29, 0.717) is 0 Å². The van der Waals surface area contributed by atoms with Gasteiger partial charge >= 0.3 is 0 Å². The van der Waals surface area contributed by atoms with Crippen LogP contribution in [-0.4, -0.2) is 15.9 Å². The third kappa shape index (κ3) is 1.54. The number of hydrogen-bond donors (Lipinski definition) is 2. The van der Waals surface area contributed by atoms with Crippen molar-refractivity contribution in [3.63, 3.8) is 0 Å². The van der Waals surface area contributed by atoms with Crippen molar-refractivity contribution in [2.45, 2.75) is 12.8 Å². The van der Waals surface area contributed by atoms with Crippen molar-refractivity contribution in [2.75, 3.05) is 5.32 Å². The lowest BCUT2D eigenvalue weighted by Crippen LogP contribution is -2.08. The summed E-state index contributed by atoms with van der Waals surface area (Å²) in [6, 6.07) is 13.9. The molecule has 1 atom stereocenters. The van der Waals surface area contributed by atoms with Crippen molar-refractivity contribution in [1.82, 2.24) is 9.97 Å². The molecule has 2 N–H and O–H groups in total. The molecular weight excluding hydrogens is 250 g/mol.